The lowest BCUT2D eigenvalue weighted by molar-refractivity contribution is -0.134. The third-order valence-electron chi connectivity index (χ3n) is 1.93. The van der Waals surface area contributed by atoms with Gasteiger partial charge in [0, 0.05) is 6.42 Å². The second-order valence-electron chi connectivity index (χ2n) is 4.65. The number of carbonyl (C=O) groups is 3. The van der Waals surface area contributed by atoms with Gasteiger partial charge in [0.05, 0.1) is 0 Å². The Labute approximate surface area is 93.7 Å². The molecule has 6 heteroatoms. The minimum atomic E-state index is -0.687. The van der Waals surface area contributed by atoms with Crippen LogP contribution >= 0.6 is 0 Å². The normalized spacial score (nSPS) is 21.3. The molecule has 1 aliphatic heterocycles. The van der Waals surface area contributed by atoms with Crippen molar-refractivity contribution in [2.75, 3.05) is 0 Å². The van der Waals surface area contributed by atoms with Crippen LogP contribution in [0.1, 0.15) is 33.6 Å². The lowest BCUT2D eigenvalue weighted by Gasteiger charge is -2.24. The highest BCUT2D eigenvalue weighted by Crippen LogP contribution is 2.09. The van der Waals surface area contributed by atoms with Crippen molar-refractivity contribution in [3.8, 4) is 0 Å². The van der Waals surface area contributed by atoms with Crippen LogP contribution in [-0.4, -0.2) is 29.6 Å². The van der Waals surface area contributed by atoms with Gasteiger partial charge in [-0.3, -0.25) is 14.9 Å². The topological polar surface area (TPSA) is 84.5 Å². The number of rotatable bonds is 1. The van der Waals surface area contributed by atoms with Gasteiger partial charge in [0.1, 0.15) is 11.6 Å². The number of ether oxygens (including phenoxy) is 1. The second kappa shape index (κ2) is 4.51. The highest BCUT2D eigenvalue weighted by Gasteiger charge is 2.29. The van der Waals surface area contributed by atoms with E-state index in [1.807, 2.05) is 0 Å². The minimum absolute atomic E-state index is 0.228. The van der Waals surface area contributed by atoms with Crippen LogP contribution in [0, 0.1) is 0 Å². The first-order valence-corrected chi connectivity index (χ1v) is 5.11. The van der Waals surface area contributed by atoms with Crippen LogP contribution in [0.3, 0.4) is 0 Å². The first-order valence-electron chi connectivity index (χ1n) is 5.11. The molecule has 1 atom stereocenters. The Bertz CT molecular complexity index is 319. The molecule has 3 amide bonds. The molecule has 16 heavy (non-hydrogen) atoms. The van der Waals surface area contributed by atoms with Crippen molar-refractivity contribution >= 4 is 17.9 Å². The summed E-state index contributed by atoms with van der Waals surface area (Å²) in [5, 5.41) is 4.57. The zero-order valence-corrected chi connectivity index (χ0v) is 9.62. The Kier molecular flexibility index (Phi) is 3.51. The van der Waals surface area contributed by atoms with E-state index in [-0.39, 0.29) is 12.3 Å². The Balaban J connectivity index is 2.45. The number of carbonyl (C=O) groups excluding carboxylic acids is 3. The van der Waals surface area contributed by atoms with E-state index >= 15 is 0 Å². The number of hydrogen-bond donors (Lipinski definition) is 2. The lowest BCUT2D eigenvalue weighted by atomic mass is 10.1. The monoisotopic (exact) mass is 228 g/mol. The predicted octanol–water partition coefficient (Wildman–Crippen LogP) is 0.316. The van der Waals surface area contributed by atoms with Crippen LogP contribution < -0.4 is 10.6 Å². The molecular formula is C10H16N2O4. The molecule has 1 heterocycles. The summed E-state index contributed by atoms with van der Waals surface area (Å²) >= 11 is 0. The van der Waals surface area contributed by atoms with Crippen LogP contribution in [0.25, 0.3) is 0 Å². The molecule has 0 spiro atoms. The van der Waals surface area contributed by atoms with Crippen molar-refractivity contribution in [1.29, 1.82) is 0 Å². The number of alkyl carbamates (subject to hydrolysis) is 1. The van der Waals surface area contributed by atoms with Crippen molar-refractivity contribution in [2.24, 2.45) is 0 Å². The van der Waals surface area contributed by atoms with Crippen LogP contribution in [-0.2, 0) is 14.3 Å². The van der Waals surface area contributed by atoms with E-state index in [0.717, 1.165) is 0 Å². The first-order chi connectivity index (χ1) is 7.28. The van der Waals surface area contributed by atoms with Crippen molar-refractivity contribution in [3.05, 3.63) is 0 Å². The molecule has 0 bridgehead atoms. The maximum Gasteiger partial charge on any atom is 0.408 e. The molecule has 90 valence electrons. The number of imide groups is 1. The largest absolute Gasteiger partial charge is 0.444 e. The van der Waals surface area contributed by atoms with E-state index in [1.54, 1.807) is 20.8 Å². The maximum absolute atomic E-state index is 11.4. The summed E-state index contributed by atoms with van der Waals surface area (Å²) in [7, 11) is 0. The molecule has 6 nitrogen and oxygen atoms in total. The van der Waals surface area contributed by atoms with Gasteiger partial charge in [-0.25, -0.2) is 4.79 Å². The third kappa shape index (κ3) is 3.88. The molecule has 0 aromatic heterocycles. The van der Waals surface area contributed by atoms with Crippen molar-refractivity contribution in [3.63, 3.8) is 0 Å². The second-order valence-corrected chi connectivity index (χ2v) is 4.65. The summed E-state index contributed by atoms with van der Waals surface area (Å²) in [5.41, 5.74) is -0.606. The maximum atomic E-state index is 11.4. The van der Waals surface area contributed by atoms with Crippen LogP contribution in [0.15, 0.2) is 0 Å². The number of amides is 3. The van der Waals surface area contributed by atoms with Crippen molar-refractivity contribution < 1.29 is 19.1 Å². The fraction of sp³-hybridized carbons (Fsp3) is 0.700. The summed E-state index contributed by atoms with van der Waals surface area (Å²) in [6, 6.07) is -0.687. The lowest BCUT2D eigenvalue weighted by Crippen LogP contribution is -2.53. The average Bonchev–Trinajstić information content (AvgIpc) is 2.06. The molecule has 0 radical (unpaired) electrons. The Morgan fingerprint density at radius 3 is 2.56 bits per heavy atom. The van der Waals surface area contributed by atoms with Gasteiger partial charge >= 0.3 is 6.09 Å². The van der Waals surface area contributed by atoms with E-state index in [4.69, 9.17) is 4.74 Å². The Hall–Kier alpha value is -1.59. The minimum Gasteiger partial charge on any atom is -0.444 e. The zero-order chi connectivity index (χ0) is 12.3. The van der Waals surface area contributed by atoms with E-state index in [0.29, 0.717) is 6.42 Å². The summed E-state index contributed by atoms with van der Waals surface area (Å²) < 4.78 is 5.00. The fourth-order valence-corrected chi connectivity index (χ4v) is 1.28. The van der Waals surface area contributed by atoms with Gasteiger partial charge < -0.3 is 10.1 Å². The average molecular weight is 228 g/mol. The van der Waals surface area contributed by atoms with Crippen molar-refractivity contribution in [1.82, 2.24) is 10.6 Å². The smallest absolute Gasteiger partial charge is 0.408 e. The van der Waals surface area contributed by atoms with Crippen LogP contribution in [0.4, 0.5) is 4.79 Å². The first kappa shape index (κ1) is 12.5. The molecule has 1 rings (SSSR count). The Morgan fingerprint density at radius 2 is 2.06 bits per heavy atom. The van der Waals surface area contributed by atoms with E-state index in [9.17, 15) is 14.4 Å². The SMILES string of the molecule is CC(C)(C)OC(=O)N[C@H]1CCC(=O)NC1=O. The third-order valence-corrected chi connectivity index (χ3v) is 1.93. The number of nitrogens with one attached hydrogen (secondary N) is 2. The molecular weight excluding hydrogens is 212 g/mol. The summed E-state index contributed by atoms with van der Waals surface area (Å²) in [4.78, 5) is 33.5. The van der Waals surface area contributed by atoms with E-state index < -0.39 is 23.6 Å². The van der Waals surface area contributed by atoms with Gasteiger partial charge in [-0.15, -0.1) is 0 Å². The fourth-order valence-electron chi connectivity index (χ4n) is 1.28. The molecule has 0 aromatic carbocycles. The van der Waals surface area contributed by atoms with Gasteiger partial charge in [-0.2, -0.15) is 0 Å². The molecule has 2 N–H and O–H groups in total. The van der Waals surface area contributed by atoms with Crippen LogP contribution in [0.5, 0.6) is 0 Å². The Morgan fingerprint density at radius 1 is 1.44 bits per heavy atom. The standard InChI is InChI=1S/C10H16N2O4/c1-10(2,3)16-9(15)11-6-4-5-7(13)12-8(6)14/h6H,4-5H2,1-3H3,(H,11,15)(H,12,13,14)/t6-/m0/s1. The van der Waals surface area contributed by atoms with Crippen LogP contribution in [0.2, 0.25) is 0 Å². The van der Waals surface area contributed by atoms with Crippen molar-refractivity contribution in [2.45, 2.75) is 45.3 Å². The quantitative estimate of drug-likeness (QED) is 0.633. The van der Waals surface area contributed by atoms with Gasteiger partial charge in [-0.05, 0) is 27.2 Å². The summed E-state index contributed by atoms with van der Waals surface area (Å²) in [5.74, 6) is -0.797. The summed E-state index contributed by atoms with van der Waals surface area (Å²) in [6.45, 7) is 5.20. The zero-order valence-electron chi connectivity index (χ0n) is 9.62. The molecule has 1 fully saturated rings. The number of hydrogen-bond acceptors (Lipinski definition) is 4. The van der Waals surface area contributed by atoms with Gasteiger partial charge in [0.15, 0.2) is 0 Å². The molecule has 1 aliphatic rings. The number of piperidine rings is 1. The molecule has 0 aliphatic carbocycles. The summed E-state index contributed by atoms with van der Waals surface area (Å²) in [6.07, 6.45) is -0.113. The van der Waals surface area contributed by atoms with Gasteiger partial charge in [-0.1, -0.05) is 0 Å². The molecule has 0 unspecified atom stereocenters. The molecule has 0 saturated carbocycles. The highest BCUT2D eigenvalue weighted by molar-refractivity contribution is 6.01. The molecule has 0 aromatic rings. The van der Waals surface area contributed by atoms with E-state index in [2.05, 4.69) is 10.6 Å². The predicted molar refractivity (Wildman–Crippen MR) is 55.5 cm³/mol. The van der Waals surface area contributed by atoms with Gasteiger partial charge in [0.2, 0.25) is 11.8 Å². The van der Waals surface area contributed by atoms with E-state index in [1.165, 1.54) is 0 Å². The molecule has 1 saturated heterocycles. The van der Waals surface area contributed by atoms with Gasteiger partial charge in [0.25, 0.3) is 0 Å². The highest BCUT2D eigenvalue weighted by atomic mass is 16.6.